The Morgan fingerprint density at radius 2 is 1.82 bits per heavy atom. The van der Waals surface area contributed by atoms with E-state index < -0.39 is 21.5 Å². The quantitative estimate of drug-likeness (QED) is 0.0952. The predicted molar refractivity (Wildman–Crippen MR) is 231 cm³/mol. The summed E-state index contributed by atoms with van der Waals surface area (Å²) in [6.45, 7) is 7.90. The van der Waals surface area contributed by atoms with Crippen LogP contribution in [0.1, 0.15) is 60.9 Å². The molecule has 2 saturated heterocycles. The molecule has 2 aliphatic heterocycles. The lowest BCUT2D eigenvalue weighted by molar-refractivity contribution is -0.378. The molecule has 60 heavy (non-hydrogen) atoms. The Morgan fingerprint density at radius 1 is 1.03 bits per heavy atom. The Kier molecular flexibility index (Phi) is 12.4. The number of nitroso groups, excluding NO2 is 1. The summed E-state index contributed by atoms with van der Waals surface area (Å²) in [5, 5.41) is 17.6. The molecule has 8 rings (SSSR count). The number of anilines is 2. The molecule has 1 saturated carbocycles. The zero-order valence-electron chi connectivity index (χ0n) is 33.5. The number of carbonyl (C=O) groups is 1. The van der Waals surface area contributed by atoms with E-state index in [0.717, 1.165) is 69.5 Å². The van der Waals surface area contributed by atoms with Crippen LogP contribution < -0.4 is 24.9 Å². The topological polar surface area (TPSA) is 180 Å². The van der Waals surface area contributed by atoms with Crippen molar-refractivity contribution in [2.24, 2.45) is 11.8 Å². The lowest BCUT2D eigenvalue weighted by Gasteiger charge is -2.44. The number of sulfonamides is 1. The average Bonchev–Trinajstić information content (AvgIpc) is 3.72. The SMILES string of the molecule is CC1(O)CC[C@H](CN2CCN(c3ccc(C(=O)NS(=O)(=O)c4ccc(NCC5CCOCC5)c([NH+]=O)c4)c(Oc4cnc5[nH]ccc5c4)c3)CC2)[C@@H](c2ccc(Cl)cc2)C1. The molecule has 1 unspecified atom stereocenters. The van der Waals surface area contributed by atoms with Crippen LogP contribution in [0.4, 0.5) is 17.1 Å². The number of fused-ring (bicyclic) bond motifs is 1. The molecule has 1 aliphatic carbocycles. The van der Waals surface area contributed by atoms with Crippen LogP contribution >= 0.6 is 11.6 Å². The normalized spacial score (nSPS) is 21.8. The number of amides is 1. The number of piperazine rings is 1. The van der Waals surface area contributed by atoms with Crippen molar-refractivity contribution in [2.75, 3.05) is 62.7 Å². The Hall–Kier alpha value is -5.06. The van der Waals surface area contributed by atoms with Gasteiger partial charge in [0, 0.05) is 97.0 Å². The molecule has 3 aliphatic rings. The fraction of sp³-hybridized carbons (Fsp3) is 0.409. The van der Waals surface area contributed by atoms with E-state index >= 15 is 0 Å². The lowest BCUT2D eigenvalue weighted by Crippen LogP contribution is -2.56. The second-order valence-electron chi connectivity index (χ2n) is 16.5. The van der Waals surface area contributed by atoms with Crippen molar-refractivity contribution < 1.29 is 33.0 Å². The molecule has 3 fully saturated rings. The molecule has 14 nitrogen and oxygen atoms in total. The van der Waals surface area contributed by atoms with Gasteiger partial charge in [-0.1, -0.05) is 23.7 Å². The van der Waals surface area contributed by atoms with Gasteiger partial charge < -0.3 is 29.8 Å². The number of hydrogen-bond donors (Lipinski definition) is 5. The van der Waals surface area contributed by atoms with Crippen LogP contribution in [0.5, 0.6) is 11.5 Å². The van der Waals surface area contributed by atoms with Crippen LogP contribution in [0.2, 0.25) is 5.02 Å². The maximum Gasteiger partial charge on any atom is 0.277 e. The van der Waals surface area contributed by atoms with Gasteiger partial charge in [0.1, 0.15) is 22.8 Å². The van der Waals surface area contributed by atoms with Gasteiger partial charge >= 0.3 is 0 Å². The van der Waals surface area contributed by atoms with Gasteiger partial charge in [-0.2, -0.15) is 0 Å². The molecule has 3 atom stereocenters. The molecule has 16 heteroatoms. The number of nitrogens with zero attached hydrogens (tertiary/aromatic N) is 3. The molecule has 3 aromatic carbocycles. The fourth-order valence-electron chi connectivity index (χ4n) is 8.73. The summed E-state index contributed by atoms with van der Waals surface area (Å²) in [6.07, 6.45) is 7.49. The third kappa shape index (κ3) is 9.76. The summed E-state index contributed by atoms with van der Waals surface area (Å²) >= 11 is 6.21. The summed E-state index contributed by atoms with van der Waals surface area (Å²) in [6, 6.07) is 20.9. The number of halogens is 1. The molecular weight excluding hydrogens is 806 g/mol. The molecule has 0 radical (unpaired) electrons. The van der Waals surface area contributed by atoms with Crippen molar-refractivity contribution >= 4 is 55.6 Å². The highest BCUT2D eigenvalue weighted by Gasteiger charge is 2.38. The maximum atomic E-state index is 13.9. The van der Waals surface area contributed by atoms with E-state index in [0.29, 0.717) is 60.1 Å². The molecule has 4 heterocycles. The Morgan fingerprint density at radius 3 is 2.58 bits per heavy atom. The van der Waals surface area contributed by atoms with Gasteiger partial charge in [-0.05, 0) is 111 Å². The van der Waals surface area contributed by atoms with E-state index in [-0.39, 0.29) is 27.8 Å². The smallest absolute Gasteiger partial charge is 0.277 e. The second-order valence-corrected chi connectivity index (χ2v) is 18.6. The van der Waals surface area contributed by atoms with E-state index in [1.54, 1.807) is 36.7 Å². The number of nitrogens with one attached hydrogen (secondary N) is 4. The predicted octanol–water partition coefficient (Wildman–Crippen LogP) is 5.90. The molecule has 0 bridgehead atoms. The number of benzene rings is 3. The van der Waals surface area contributed by atoms with Crippen LogP contribution in [-0.4, -0.2) is 92.4 Å². The third-order valence-corrected chi connectivity index (χ3v) is 13.8. The van der Waals surface area contributed by atoms with Crippen LogP contribution in [-0.2, 0) is 14.8 Å². The van der Waals surface area contributed by atoms with Crippen LogP contribution in [0, 0.1) is 16.7 Å². The van der Waals surface area contributed by atoms with Crippen molar-refractivity contribution in [3.05, 3.63) is 106 Å². The molecule has 2 aromatic heterocycles. The van der Waals surface area contributed by atoms with E-state index in [1.165, 1.54) is 23.8 Å². The minimum absolute atomic E-state index is 0.00784. The highest BCUT2D eigenvalue weighted by atomic mass is 35.5. The summed E-state index contributed by atoms with van der Waals surface area (Å²) < 4.78 is 41.2. The van der Waals surface area contributed by atoms with Crippen LogP contribution in [0.15, 0.2) is 90.1 Å². The van der Waals surface area contributed by atoms with E-state index in [9.17, 15) is 23.2 Å². The number of carbonyl (C=O) groups excluding carboxylic acids is 1. The molecule has 1 amide bonds. The van der Waals surface area contributed by atoms with E-state index in [4.69, 9.17) is 21.1 Å². The van der Waals surface area contributed by atoms with Crippen molar-refractivity contribution in [1.29, 1.82) is 0 Å². The van der Waals surface area contributed by atoms with Gasteiger partial charge in [0.2, 0.25) is 0 Å². The number of rotatable bonds is 13. The van der Waals surface area contributed by atoms with Gasteiger partial charge in [0.25, 0.3) is 21.6 Å². The number of hydrogen-bond acceptors (Lipinski definition) is 11. The lowest BCUT2D eigenvalue weighted by atomic mass is 9.69. The summed E-state index contributed by atoms with van der Waals surface area (Å²) in [7, 11) is -4.41. The van der Waals surface area contributed by atoms with Crippen molar-refractivity contribution in [3.8, 4) is 11.5 Å². The van der Waals surface area contributed by atoms with Gasteiger partial charge in [0.05, 0.1) is 22.3 Å². The van der Waals surface area contributed by atoms with Gasteiger partial charge in [-0.25, -0.2) is 18.1 Å². The van der Waals surface area contributed by atoms with E-state index in [2.05, 4.69) is 41.9 Å². The number of H-pyrrole nitrogens is 1. The van der Waals surface area contributed by atoms with Crippen molar-refractivity contribution in [3.63, 3.8) is 0 Å². The molecule has 5 N–H and O–H groups in total. The first kappa shape index (κ1) is 41.7. The third-order valence-electron chi connectivity index (χ3n) is 12.2. The highest BCUT2D eigenvalue weighted by Crippen LogP contribution is 2.43. The van der Waals surface area contributed by atoms with Crippen molar-refractivity contribution in [2.45, 2.75) is 55.4 Å². The van der Waals surface area contributed by atoms with Crippen molar-refractivity contribution in [1.82, 2.24) is 19.6 Å². The fourth-order valence-corrected chi connectivity index (χ4v) is 9.85. The van der Waals surface area contributed by atoms with Gasteiger partial charge in [0.15, 0.2) is 0 Å². The molecule has 0 spiro atoms. The summed E-state index contributed by atoms with van der Waals surface area (Å²) in [5.41, 5.74) is 2.51. The minimum Gasteiger partial charge on any atom is -0.455 e. The minimum atomic E-state index is -4.41. The molecular formula is C44H51ClN7O7S+. The number of aromatic nitrogens is 2. The zero-order chi connectivity index (χ0) is 41.9. The van der Waals surface area contributed by atoms with Crippen LogP contribution in [0.25, 0.3) is 11.0 Å². The first-order valence-electron chi connectivity index (χ1n) is 20.5. The number of ether oxygens (including phenoxy) is 2. The highest BCUT2D eigenvalue weighted by molar-refractivity contribution is 7.90. The van der Waals surface area contributed by atoms with Gasteiger partial charge in [-0.15, -0.1) is 0 Å². The van der Waals surface area contributed by atoms with Crippen LogP contribution in [0.3, 0.4) is 0 Å². The Balaban J connectivity index is 0.979. The Bertz CT molecular complexity index is 2430. The number of aliphatic hydroxyl groups is 1. The largest absolute Gasteiger partial charge is 0.455 e. The standard InChI is InChI=1S/C44H50ClN7O7S/c1-44(54)14-10-32(38(25-44)30-2-4-33(45)5-3-30)28-51-16-18-52(19-17-51)34-6-8-37(41(23-34)59-35-22-31-11-15-46-42(31)48-27-35)43(53)50-60(56,57)36-7-9-39(40(24-36)49-55)47-26-29-12-20-58-21-13-29/h2-9,11,15,22-24,27,29,32,38,47,54H,10,12-14,16-21,25-26,28H2,1H3,(H,46,48)(H,50,53)/p+1/t32-,38-,44?/m1/s1. The monoisotopic (exact) mass is 856 g/mol. The maximum absolute atomic E-state index is 13.9. The zero-order valence-corrected chi connectivity index (χ0v) is 35.1. The molecule has 316 valence electrons. The first-order valence-corrected chi connectivity index (χ1v) is 22.4. The van der Waals surface area contributed by atoms with Gasteiger partial charge in [-0.3, -0.25) is 9.69 Å². The first-order chi connectivity index (χ1) is 28.9. The molecule has 5 aromatic rings. The summed E-state index contributed by atoms with van der Waals surface area (Å²) in [4.78, 5) is 37.8. The summed E-state index contributed by atoms with van der Waals surface area (Å²) in [5.74, 6) is 0.622. The second kappa shape index (κ2) is 17.9. The average molecular weight is 857 g/mol. The van der Waals surface area contributed by atoms with E-state index in [1.807, 2.05) is 30.3 Å². The number of pyridine rings is 1. The number of aromatic amines is 1. The Labute approximate surface area is 354 Å².